The fourth-order valence-electron chi connectivity index (χ4n) is 3.98. The van der Waals surface area contributed by atoms with E-state index in [4.69, 9.17) is 4.74 Å². The summed E-state index contributed by atoms with van der Waals surface area (Å²) in [6, 6.07) is 32.0. The van der Waals surface area contributed by atoms with Gasteiger partial charge in [0, 0.05) is 29.1 Å². The van der Waals surface area contributed by atoms with E-state index < -0.39 is 0 Å². The molecular formula is C29H28N2O2. The monoisotopic (exact) mass is 436 g/mol. The zero-order chi connectivity index (χ0) is 22.9. The summed E-state index contributed by atoms with van der Waals surface area (Å²) in [5.74, 6) is 0.966. The van der Waals surface area contributed by atoms with E-state index in [2.05, 4.69) is 47.6 Å². The Morgan fingerprint density at radius 2 is 1.70 bits per heavy atom. The first-order valence-corrected chi connectivity index (χ1v) is 11.3. The van der Waals surface area contributed by atoms with Gasteiger partial charge in [-0.3, -0.25) is 9.78 Å². The van der Waals surface area contributed by atoms with Crippen LogP contribution in [0.3, 0.4) is 0 Å². The molecule has 0 saturated heterocycles. The maximum atomic E-state index is 12.5. The van der Waals surface area contributed by atoms with Gasteiger partial charge in [-0.25, -0.2) is 0 Å². The average Bonchev–Trinajstić information content (AvgIpc) is 2.85. The van der Waals surface area contributed by atoms with Crippen LogP contribution >= 0.6 is 0 Å². The summed E-state index contributed by atoms with van der Waals surface area (Å²) in [5.41, 5.74) is 4.96. The number of para-hydroxylation sites is 1. The number of amides is 1. The highest BCUT2D eigenvalue weighted by Crippen LogP contribution is 2.35. The number of hydrogen-bond donors (Lipinski definition) is 1. The van der Waals surface area contributed by atoms with Gasteiger partial charge in [0.1, 0.15) is 12.4 Å². The number of aromatic nitrogens is 1. The minimum Gasteiger partial charge on any atom is -0.489 e. The summed E-state index contributed by atoms with van der Waals surface area (Å²) in [7, 11) is 0. The fraction of sp³-hybridized carbons (Fsp3) is 0.172. The van der Waals surface area contributed by atoms with E-state index in [0.29, 0.717) is 6.61 Å². The molecule has 166 valence electrons. The van der Waals surface area contributed by atoms with E-state index >= 15 is 0 Å². The molecule has 1 unspecified atom stereocenters. The smallest absolute Gasteiger partial charge is 0.230 e. The number of nitrogens with one attached hydrogen (secondary N) is 1. The predicted octanol–water partition coefficient (Wildman–Crippen LogP) is 6.38. The van der Waals surface area contributed by atoms with Crippen LogP contribution in [0, 0.1) is 0 Å². The van der Waals surface area contributed by atoms with Crippen molar-refractivity contribution in [1.82, 2.24) is 4.98 Å². The van der Waals surface area contributed by atoms with Gasteiger partial charge in [0.15, 0.2) is 0 Å². The van der Waals surface area contributed by atoms with Crippen LogP contribution in [0.25, 0.3) is 0 Å². The van der Waals surface area contributed by atoms with Crippen LogP contribution < -0.4 is 10.1 Å². The normalized spacial score (nSPS) is 11.5. The van der Waals surface area contributed by atoms with E-state index in [1.54, 1.807) is 6.20 Å². The van der Waals surface area contributed by atoms with Crippen molar-refractivity contribution in [3.05, 3.63) is 126 Å². The Morgan fingerprint density at radius 3 is 2.48 bits per heavy atom. The van der Waals surface area contributed by atoms with Crippen molar-refractivity contribution < 1.29 is 9.53 Å². The Kier molecular flexibility index (Phi) is 7.49. The summed E-state index contributed by atoms with van der Waals surface area (Å²) < 4.78 is 6.21. The van der Waals surface area contributed by atoms with Crippen LogP contribution in [-0.2, 0) is 17.8 Å². The summed E-state index contributed by atoms with van der Waals surface area (Å²) in [6.45, 7) is 2.70. The first kappa shape index (κ1) is 22.3. The largest absolute Gasteiger partial charge is 0.489 e. The third kappa shape index (κ3) is 6.07. The van der Waals surface area contributed by atoms with Crippen LogP contribution in [0.5, 0.6) is 5.75 Å². The van der Waals surface area contributed by atoms with Gasteiger partial charge in [-0.2, -0.15) is 0 Å². The first-order chi connectivity index (χ1) is 16.2. The second kappa shape index (κ2) is 11.1. The average molecular weight is 437 g/mol. The summed E-state index contributed by atoms with van der Waals surface area (Å²) in [4.78, 5) is 16.7. The molecule has 0 radical (unpaired) electrons. The van der Waals surface area contributed by atoms with Crippen molar-refractivity contribution in [3.63, 3.8) is 0 Å². The highest BCUT2D eigenvalue weighted by atomic mass is 16.5. The van der Waals surface area contributed by atoms with Crippen molar-refractivity contribution in [2.45, 2.75) is 32.3 Å². The highest BCUT2D eigenvalue weighted by molar-refractivity contribution is 5.92. The van der Waals surface area contributed by atoms with Gasteiger partial charge in [0.05, 0.1) is 6.42 Å². The molecule has 0 saturated carbocycles. The second-order valence-corrected chi connectivity index (χ2v) is 7.94. The fourth-order valence-corrected chi connectivity index (χ4v) is 3.98. The molecule has 3 aromatic carbocycles. The van der Waals surface area contributed by atoms with E-state index in [1.807, 2.05) is 66.7 Å². The molecule has 1 amide bonds. The summed E-state index contributed by atoms with van der Waals surface area (Å²) >= 11 is 0. The molecule has 1 heterocycles. The lowest BCUT2D eigenvalue weighted by atomic mass is 9.88. The van der Waals surface area contributed by atoms with Crippen molar-refractivity contribution in [2.75, 3.05) is 5.32 Å². The number of carbonyl (C=O) groups excluding carboxylic acids is 1. The lowest BCUT2D eigenvalue weighted by molar-refractivity contribution is -0.115. The molecule has 1 atom stereocenters. The first-order valence-electron chi connectivity index (χ1n) is 11.3. The quantitative estimate of drug-likeness (QED) is 0.331. The van der Waals surface area contributed by atoms with Gasteiger partial charge < -0.3 is 10.1 Å². The third-order valence-corrected chi connectivity index (χ3v) is 5.58. The Hall–Kier alpha value is -3.92. The van der Waals surface area contributed by atoms with Crippen molar-refractivity contribution >= 4 is 11.6 Å². The topological polar surface area (TPSA) is 51.2 Å². The maximum absolute atomic E-state index is 12.5. The lowest BCUT2D eigenvalue weighted by Gasteiger charge is -2.21. The zero-order valence-corrected chi connectivity index (χ0v) is 18.8. The van der Waals surface area contributed by atoms with Crippen LogP contribution in [0.2, 0.25) is 0 Å². The van der Waals surface area contributed by atoms with Crippen LogP contribution in [0.4, 0.5) is 5.69 Å². The number of rotatable bonds is 9. The van der Waals surface area contributed by atoms with Gasteiger partial charge in [0.2, 0.25) is 5.91 Å². The molecule has 4 aromatic rings. The van der Waals surface area contributed by atoms with Crippen LogP contribution in [-0.4, -0.2) is 10.9 Å². The number of hydrogen-bond acceptors (Lipinski definition) is 3. The van der Waals surface area contributed by atoms with Gasteiger partial charge in [-0.15, -0.1) is 0 Å². The molecule has 33 heavy (non-hydrogen) atoms. The molecule has 0 spiro atoms. The molecule has 0 fully saturated rings. The molecule has 0 aliphatic heterocycles. The van der Waals surface area contributed by atoms with Gasteiger partial charge >= 0.3 is 0 Å². The molecule has 4 nitrogen and oxygen atoms in total. The number of pyridine rings is 1. The predicted molar refractivity (Wildman–Crippen MR) is 132 cm³/mol. The molecule has 4 rings (SSSR count). The summed E-state index contributed by atoms with van der Waals surface area (Å²) in [6.07, 6.45) is 2.86. The molecule has 0 bridgehead atoms. The number of ether oxygens (including phenoxy) is 1. The molecule has 1 aromatic heterocycles. The zero-order valence-electron chi connectivity index (χ0n) is 18.8. The molecule has 0 aliphatic rings. The number of benzene rings is 3. The number of anilines is 1. The third-order valence-electron chi connectivity index (χ3n) is 5.58. The molecule has 4 heteroatoms. The maximum Gasteiger partial charge on any atom is 0.230 e. The lowest BCUT2D eigenvalue weighted by Crippen LogP contribution is -2.15. The van der Waals surface area contributed by atoms with Crippen molar-refractivity contribution in [1.29, 1.82) is 0 Å². The minimum absolute atomic E-state index is 0.0782. The molecule has 1 N–H and O–H groups in total. The van der Waals surface area contributed by atoms with Gasteiger partial charge in [-0.1, -0.05) is 73.7 Å². The SMILES string of the molecule is CCC(c1cccc(NC(=O)Cc2ccccn2)c1)c1ccccc1OCc1ccccc1. The van der Waals surface area contributed by atoms with Crippen molar-refractivity contribution in [3.8, 4) is 5.75 Å². The number of nitrogens with zero attached hydrogens (tertiary/aromatic N) is 1. The Balaban J connectivity index is 1.50. The van der Waals surface area contributed by atoms with E-state index in [0.717, 1.165) is 40.2 Å². The Bertz CT molecular complexity index is 1180. The van der Waals surface area contributed by atoms with Crippen LogP contribution in [0.15, 0.2) is 103 Å². The standard InChI is InChI=1S/C29H28N2O2/c1-2-26(27-16-6-7-17-28(27)33-21-22-11-4-3-5-12-22)23-13-10-15-25(19-23)31-29(32)20-24-14-8-9-18-30-24/h3-19,26H,2,20-21H2,1H3,(H,31,32). The van der Waals surface area contributed by atoms with Gasteiger partial charge in [0.25, 0.3) is 0 Å². The van der Waals surface area contributed by atoms with E-state index in [9.17, 15) is 4.79 Å². The summed E-state index contributed by atoms with van der Waals surface area (Å²) in [5, 5.41) is 3.01. The molecular weight excluding hydrogens is 408 g/mol. The molecule has 0 aliphatic carbocycles. The highest BCUT2D eigenvalue weighted by Gasteiger charge is 2.17. The minimum atomic E-state index is -0.0782. The van der Waals surface area contributed by atoms with E-state index in [1.165, 1.54) is 0 Å². The second-order valence-electron chi connectivity index (χ2n) is 7.94. The van der Waals surface area contributed by atoms with Crippen molar-refractivity contribution in [2.24, 2.45) is 0 Å². The van der Waals surface area contributed by atoms with E-state index in [-0.39, 0.29) is 18.2 Å². The Labute approximate surface area is 195 Å². The van der Waals surface area contributed by atoms with Gasteiger partial charge in [-0.05, 0) is 47.9 Å². The number of carbonyl (C=O) groups is 1. The Morgan fingerprint density at radius 1 is 0.909 bits per heavy atom. The van der Waals surface area contributed by atoms with Crippen LogP contribution in [0.1, 0.15) is 41.6 Å².